The Labute approximate surface area is 417 Å². The van der Waals surface area contributed by atoms with Crippen LogP contribution in [-0.2, 0) is 66.9 Å². The second-order valence-electron chi connectivity index (χ2n) is 17.3. The lowest BCUT2D eigenvalue weighted by molar-refractivity contribution is -0.144. The minimum absolute atomic E-state index is 0.0239. The van der Waals surface area contributed by atoms with Crippen molar-refractivity contribution in [2.45, 2.75) is 179 Å². The van der Waals surface area contributed by atoms with Crippen LogP contribution in [0.2, 0.25) is 0 Å². The molecule has 0 radical (unpaired) electrons. The van der Waals surface area contributed by atoms with E-state index in [0.717, 1.165) is 44.9 Å². The zero-order valence-electron chi connectivity index (χ0n) is 41.8. The lowest BCUT2D eigenvalue weighted by Crippen LogP contribution is -2.45. The summed E-state index contributed by atoms with van der Waals surface area (Å²) in [6.07, 6.45) is 17.1. The van der Waals surface area contributed by atoms with Crippen molar-refractivity contribution in [3.63, 3.8) is 0 Å². The Kier molecular flexibility index (Phi) is 41.4. The number of amides is 5. The molecule has 5 amide bonds. The quantitative estimate of drug-likeness (QED) is 0.0395. The van der Waals surface area contributed by atoms with Gasteiger partial charge in [0.2, 0.25) is 29.5 Å². The molecule has 0 aromatic heterocycles. The normalized spacial score (nSPS) is 12.2. The molecule has 0 spiro atoms. The first-order valence-corrected chi connectivity index (χ1v) is 25.1. The molecule has 0 saturated heterocycles. The zero-order chi connectivity index (χ0) is 52.9. The summed E-state index contributed by atoms with van der Waals surface area (Å²) in [6, 6.07) is -3.92. The number of ether oxygens (including phenoxy) is 4. The van der Waals surface area contributed by atoms with Crippen LogP contribution in [0.25, 0.3) is 0 Å². The van der Waals surface area contributed by atoms with E-state index in [2.05, 4.69) is 26.6 Å². The highest BCUT2D eigenvalue weighted by atomic mass is 16.5. The van der Waals surface area contributed by atoms with Gasteiger partial charge in [-0.3, -0.25) is 28.8 Å². The number of hydrogen-bond acceptors (Lipinski definition) is 14. The summed E-state index contributed by atoms with van der Waals surface area (Å²) < 4.78 is 21.1. The molecule has 23 heteroatoms. The maximum Gasteiger partial charge on any atom is 0.326 e. The monoisotopic (exact) mass is 1020 g/mol. The summed E-state index contributed by atoms with van der Waals surface area (Å²) in [7, 11) is 0. The second-order valence-corrected chi connectivity index (χ2v) is 17.3. The summed E-state index contributed by atoms with van der Waals surface area (Å²) in [4.78, 5) is 117. The SMILES string of the molecule is CC(=O)CC[C@H](NC(=O)CC[C@H](NC(=O)COCCOCCNC(=O)COCCOCCNC(=O)CC[C@H](NC(=O)CCCCCCCCCCCCCCCCCCC(=O)O)C(=O)O)C(=O)O)C(=O)O. The number of unbranched alkanes of at least 4 members (excludes halogenated alkanes) is 15. The van der Waals surface area contributed by atoms with Crippen molar-refractivity contribution >= 4 is 59.2 Å². The van der Waals surface area contributed by atoms with Gasteiger partial charge in [-0.05, 0) is 39.0 Å². The van der Waals surface area contributed by atoms with Gasteiger partial charge in [0, 0.05) is 45.2 Å². The first-order valence-electron chi connectivity index (χ1n) is 25.1. The van der Waals surface area contributed by atoms with Crippen molar-refractivity contribution in [2.75, 3.05) is 65.9 Å². The van der Waals surface area contributed by atoms with Crippen molar-refractivity contribution in [1.82, 2.24) is 26.6 Å². The Balaban J connectivity index is 3.83. The number of carbonyl (C=O) groups excluding carboxylic acids is 6. The zero-order valence-corrected chi connectivity index (χ0v) is 41.8. The van der Waals surface area contributed by atoms with Crippen molar-refractivity contribution in [3.05, 3.63) is 0 Å². The number of Topliss-reactive ketones (excluding diaryl/α,β-unsaturated/α-hetero) is 1. The molecule has 0 aromatic carbocycles. The van der Waals surface area contributed by atoms with Crippen LogP contribution < -0.4 is 26.6 Å². The van der Waals surface area contributed by atoms with Crippen LogP contribution in [0.3, 0.4) is 0 Å². The van der Waals surface area contributed by atoms with Gasteiger partial charge in [-0.15, -0.1) is 0 Å². The van der Waals surface area contributed by atoms with E-state index in [9.17, 15) is 63.3 Å². The third-order valence-corrected chi connectivity index (χ3v) is 10.9. The fourth-order valence-corrected chi connectivity index (χ4v) is 6.91. The van der Waals surface area contributed by atoms with E-state index in [4.69, 9.17) is 24.1 Å². The Bertz CT molecular complexity index is 1570. The Morgan fingerprint density at radius 3 is 1.08 bits per heavy atom. The number of hydrogen-bond donors (Lipinski definition) is 9. The molecule has 3 atom stereocenters. The molecule has 0 heterocycles. The molecule has 408 valence electrons. The molecule has 0 bridgehead atoms. The van der Waals surface area contributed by atoms with E-state index >= 15 is 0 Å². The highest BCUT2D eigenvalue weighted by molar-refractivity contribution is 5.87. The number of nitrogens with one attached hydrogen (secondary N) is 5. The first-order chi connectivity index (χ1) is 34.0. The fourth-order valence-electron chi connectivity index (χ4n) is 6.91. The van der Waals surface area contributed by atoms with Crippen molar-refractivity contribution in [3.8, 4) is 0 Å². The van der Waals surface area contributed by atoms with Crippen molar-refractivity contribution in [2.24, 2.45) is 0 Å². The van der Waals surface area contributed by atoms with E-state index in [-0.39, 0.29) is 122 Å². The van der Waals surface area contributed by atoms with Crippen LogP contribution in [0.5, 0.6) is 0 Å². The van der Waals surface area contributed by atoms with Gasteiger partial charge in [-0.25, -0.2) is 14.4 Å². The molecule has 71 heavy (non-hydrogen) atoms. The minimum Gasteiger partial charge on any atom is -0.481 e. The second kappa shape index (κ2) is 44.7. The number of ketones is 1. The van der Waals surface area contributed by atoms with Gasteiger partial charge in [0.1, 0.15) is 37.1 Å². The number of carbonyl (C=O) groups is 10. The summed E-state index contributed by atoms with van der Waals surface area (Å²) in [5.41, 5.74) is 0. The van der Waals surface area contributed by atoms with Gasteiger partial charge < -0.3 is 70.8 Å². The standard InChI is InChI=1S/C48H83N5O18/c1-36(54)20-21-37(46(62)63)52-42(57)25-23-39(48(66)67)53-44(59)35-71-33-31-69-29-27-50-43(58)34-70-32-30-68-28-26-49-40(55)24-22-38(47(64)65)51-41(56)18-16-14-12-10-8-6-4-2-3-5-7-9-11-13-15-17-19-45(60)61/h37-39H,2-35H2,1H3,(H,49,55)(H,50,58)(H,51,56)(H,52,57)(H,53,59)(H,60,61)(H,62,63)(H,64,65)(H,66,67)/t37-,38-,39-/m0/s1. The summed E-state index contributed by atoms with van der Waals surface area (Å²) >= 11 is 0. The van der Waals surface area contributed by atoms with Gasteiger partial charge >= 0.3 is 23.9 Å². The third kappa shape index (κ3) is 43.3. The summed E-state index contributed by atoms with van der Waals surface area (Å²) in [6.45, 7) is 1.43. The number of aliphatic carboxylic acids is 4. The molecule has 0 aliphatic heterocycles. The number of rotatable bonds is 50. The van der Waals surface area contributed by atoms with E-state index in [1.165, 1.54) is 58.3 Å². The molecule has 0 aliphatic carbocycles. The molecule has 23 nitrogen and oxygen atoms in total. The number of carboxylic acids is 4. The smallest absolute Gasteiger partial charge is 0.326 e. The van der Waals surface area contributed by atoms with Crippen molar-refractivity contribution < 1.29 is 87.3 Å². The summed E-state index contributed by atoms with van der Waals surface area (Å²) in [5.74, 6) is -7.57. The molecular weight excluding hydrogens is 935 g/mol. The van der Waals surface area contributed by atoms with E-state index < -0.39 is 72.8 Å². The van der Waals surface area contributed by atoms with Crippen LogP contribution in [0.1, 0.15) is 161 Å². The van der Waals surface area contributed by atoms with E-state index in [1.807, 2.05) is 0 Å². The van der Waals surface area contributed by atoms with Crippen LogP contribution in [-0.4, -0.2) is 164 Å². The van der Waals surface area contributed by atoms with Gasteiger partial charge in [0.05, 0.1) is 39.6 Å². The lowest BCUT2D eigenvalue weighted by atomic mass is 10.0. The number of carboxylic acid groups (broad SMARTS) is 4. The topological polar surface area (TPSA) is 349 Å². The maximum atomic E-state index is 12.4. The van der Waals surface area contributed by atoms with Crippen LogP contribution in [0, 0.1) is 0 Å². The molecular formula is C48H83N5O18. The Hall–Kier alpha value is -5.26. The van der Waals surface area contributed by atoms with Gasteiger partial charge in [0.25, 0.3) is 0 Å². The van der Waals surface area contributed by atoms with E-state index in [1.54, 1.807) is 0 Å². The fraction of sp³-hybridized carbons (Fsp3) is 0.792. The highest BCUT2D eigenvalue weighted by Gasteiger charge is 2.25. The lowest BCUT2D eigenvalue weighted by Gasteiger charge is -2.16. The van der Waals surface area contributed by atoms with Gasteiger partial charge in [-0.1, -0.05) is 89.9 Å². The van der Waals surface area contributed by atoms with Crippen molar-refractivity contribution in [1.29, 1.82) is 0 Å². The Morgan fingerprint density at radius 2 is 0.676 bits per heavy atom. The molecule has 9 N–H and O–H groups in total. The van der Waals surface area contributed by atoms with Gasteiger partial charge in [0.15, 0.2) is 0 Å². The minimum atomic E-state index is -1.44. The predicted octanol–water partition coefficient (Wildman–Crippen LogP) is 3.03. The van der Waals surface area contributed by atoms with Gasteiger partial charge in [-0.2, -0.15) is 0 Å². The molecule has 0 aliphatic rings. The first kappa shape index (κ1) is 65.7. The highest BCUT2D eigenvalue weighted by Crippen LogP contribution is 2.15. The van der Waals surface area contributed by atoms with Crippen LogP contribution in [0.4, 0.5) is 0 Å². The molecule has 0 rings (SSSR count). The maximum absolute atomic E-state index is 12.4. The average molecular weight is 1020 g/mol. The molecule has 0 fully saturated rings. The predicted molar refractivity (Wildman–Crippen MR) is 257 cm³/mol. The van der Waals surface area contributed by atoms with E-state index in [0.29, 0.717) is 6.42 Å². The molecule has 0 saturated carbocycles. The largest absolute Gasteiger partial charge is 0.481 e. The van der Waals surface area contributed by atoms with Crippen LogP contribution in [0.15, 0.2) is 0 Å². The third-order valence-electron chi connectivity index (χ3n) is 10.9. The molecule has 0 unspecified atom stereocenters. The van der Waals surface area contributed by atoms with Crippen LogP contribution >= 0.6 is 0 Å². The molecule has 0 aromatic rings. The average Bonchev–Trinajstić information content (AvgIpc) is 3.31. The Morgan fingerprint density at radius 1 is 0.352 bits per heavy atom. The summed E-state index contributed by atoms with van der Waals surface area (Å²) in [5, 5.41) is 49.0.